The second-order valence-electron chi connectivity index (χ2n) is 2.59. The Morgan fingerprint density at radius 2 is 1.64 bits per heavy atom. The molecule has 0 spiro atoms. The third-order valence-corrected chi connectivity index (χ3v) is 2.95. The van der Waals surface area contributed by atoms with Crippen molar-refractivity contribution < 1.29 is 14.3 Å². The molecule has 3 nitrogen and oxygen atoms in total. The third-order valence-electron chi connectivity index (χ3n) is 1.77. The molecule has 0 unspecified atom stereocenters. The van der Waals surface area contributed by atoms with Gasteiger partial charge in [0, 0.05) is 0 Å². The van der Waals surface area contributed by atoms with E-state index in [-0.39, 0.29) is 26.2 Å². The van der Waals surface area contributed by atoms with Crippen LogP contribution in [0.15, 0.2) is 6.07 Å². The molecule has 0 radical (unpaired) electrons. The fourth-order valence-electron chi connectivity index (χ4n) is 1.12. The first-order valence-corrected chi connectivity index (χ1v) is 4.59. The van der Waals surface area contributed by atoms with Crippen molar-refractivity contribution in [3.63, 3.8) is 0 Å². The molecule has 0 amide bonds. The molecule has 2 rings (SSSR count). The molecule has 2 bridgehead atoms. The van der Waals surface area contributed by atoms with E-state index in [0.29, 0.717) is 0 Å². The Hall–Kier alpha value is -0.770. The van der Waals surface area contributed by atoms with E-state index >= 15 is 0 Å². The normalized spacial score (nSPS) is 14.2. The summed E-state index contributed by atoms with van der Waals surface area (Å²) in [6, 6.07) is 1.27. The zero-order valence-electron chi connectivity index (χ0n) is 6.44. The van der Waals surface area contributed by atoms with Crippen molar-refractivity contribution in [2.45, 2.75) is 0 Å². The molecule has 0 saturated heterocycles. The third kappa shape index (κ3) is 1.21. The predicted octanol–water partition coefficient (Wildman–Crippen LogP) is 2.96. The quantitative estimate of drug-likeness (QED) is 0.404. The van der Waals surface area contributed by atoms with Crippen LogP contribution < -0.4 is 0 Å². The topological polar surface area (TPSA) is 43.4 Å². The highest BCUT2D eigenvalue weighted by Gasteiger charge is 2.32. The highest BCUT2D eigenvalue weighted by molar-refractivity contribution is 6.48. The van der Waals surface area contributed by atoms with Crippen LogP contribution in [0.1, 0.15) is 20.7 Å². The summed E-state index contributed by atoms with van der Waals surface area (Å²) in [7, 11) is 0. The van der Waals surface area contributed by atoms with E-state index in [1.54, 1.807) is 0 Å². The van der Waals surface area contributed by atoms with Gasteiger partial charge >= 0.3 is 11.9 Å². The number of hydrogen-bond acceptors (Lipinski definition) is 3. The Balaban J connectivity index is 2.87. The zero-order chi connectivity index (χ0) is 10.5. The number of carbonyl (C=O) groups is 2. The van der Waals surface area contributed by atoms with E-state index in [9.17, 15) is 9.59 Å². The molecule has 1 aliphatic heterocycles. The van der Waals surface area contributed by atoms with Gasteiger partial charge in [0.25, 0.3) is 0 Å². The molecule has 0 N–H and O–H groups in total. The summed E-state index contributed by atoms with van der Waals surface area (Å²) < 4.78 is 4.38. The van der Waals surface area contributed by atoms with Gasteiger partial charge < -0.3 is 4.74 Å². The first-order chi connectivity index (χ1) is 6.52. The van der Waals surface area contributed by atoms with E-state index in [1.165, 1.54) is 6.07 Å². The molecule has 1 aromatic rings. The predicted molar refractivity (Wildman–Crippen MR) is 51.2 cm³/mol. The number of carbonyl (C=O) groups excluding carboxylic acids is 2. The van der Waals surface area contributed by atoms with Crippen molar-refractivity contribution in [2.75, 3.05) is 0 Å². The minimum Gasteiger partial charge on any atom is -0.386 e. The standard InChI is InChI=1S/C8HCl3O3/c9-3-1-2-5(10)4(6(3)11)8(13)14-7(2)12/h1H. The number of hydrogen-bond donors (Lipinski definition) is 0. The Morgan fingerprint density at radius 3 is 2.29 bits per heavy atom. The molecule has 1 aliphatic rings. The van der Waals surface area contributed by atoms with Crippen LogP contribution in [-0.4, -0.2) is 11.9 Å². The summed E-state index contributed by atoms with van der Waals surface area (Å²) in [5.74, 6) is -1.69. The van der Waals surface area contributed by atoms with Gasteiger partial charge in [-0.25, -0.2) is 9.59 Å². The summed E-state index contributed by atoms with van der Waals surface area (Å²) in [4.78, 5) is 22.3. The fourth-order valence-corrected chi connectivity index (χ4v) is 1.90. The van der Waals surface area contributed by atoms with E-state index in [2.05, 4.69) is 4.74 Å². The summed E-state index contributed by atoms with van der Waals surface area (Å²) in [6.45, 7) is 0. The largest absolute Gasteiger partial charge is 0.386 e. The maximum Gasteiger partial charge on any atom is 0.349 e. The van der Waals surface area contributed by atoms with Crippen LogP contribution in [0.3, 0.4) is 0 Å². The van der Waals surface area contributed by atoms with Crippen LogP contribution in [-0.2, 0) is 4.74 Å². The molecule has 6 heteroatoms. The number of ether oxygens (including phenoxy) is 1. The molecule has 0 fully saturated rings. The molecular formula is C8HCl3O3. The van der Waals surface area contributed by atoms with E-state index in [4.69, 9.17) is 34.8 Å². The smallest absolute Gasteiger partial charge is 0.349 e. The van der Waals surface area contributed by atoms with Crippen LogP contribution in [0.4, 0.5) is 0 Å². The Bertz CT molecular complexity index is 467. The molecular weight excluding hydrogens is 250 g/mol. The molecule has 14 heavy (non-hydrogen) atoms. The van der Waals surface area contributed by atoms with E-state index < -0.39 is 11.9 Å². The van der Waals surface area contributed by atoms with Crippen molar-refractivity contribution in [1.82, 2.24) is 0 Å². The molecule has 72 valence electrons. The van der Waals surface area contributed by atoms with Gasteiger partial charge in [-0.15, -0.1) is 0 Å². The lowest BCUT2D eigenvalue weighted by atomic mass is 10.1. The molecule has 0 aromatic heterocycles. The van der Waals surface area contributed by atoms with Gasteiger partial charge in [-0.3, -0.25) is 0 Å². The lowest BCUT2D eigenvalue weighted by Gasteiger charge is -2.15. The van der Waals surface area contributed by atoms with Crippen molar-refractivity contribution in [3.8, 4) is 0 Å². The number of fused-ring (bicyclic) bond motifs is 2. The Kier molecular flexibility index (Phi) is 2.18. The first kappa shape index (κ1) is 9.77. The summed E-state index contributed by atoms with van der Waals surface area (Å²) in [5.41, 5.74) is -0.00824. The minimum atomic E-state index is -0.875. The zero-order valence-corrected chi connectivity index (χ0v) is 8.70. The second-order valence-corrected chi connectivity index (χ2v) is 3.75. The fraction of sp³-hybridized carbons (Fsp3) is 0. The second kappa shape index (κ2) is 3.12. The van der Waals surface area contributed by atoms with E-state index in [1.807, 2.05) is 0 Å². The number of esters is 2. The average Bonchev–Trinajstić information content (AvgIpc) is 2.09. The summed E-state index contributed by atoms with van der Waals surface area (Å²) in [6.07, 6.45) is 0. The van der Waals surface area contributed by atoms with Gasteiger partial charge in [0.1, 0.15) is 0 Å². The van der Waals surface area contributed by atoms with Crippen LogP contribution >= 0.6 is 34.8 Å². The molecule has 0 saturated carbocycles. The van der Waals surface area contributed by atoms with Crippen LogP contribution in [0, 0.1) is 0 Å². The van der Waals surface area contributed by atoms with E-state index in [0.717, 1.165) is 0 Å². The monoisotopic (exact) mass is 250 g/mol. The van der Waals surface area contributed by atoms with Crippen molar-refractivity contribution in [3.05, 3.63) is 32.3 Å². The molecule has 0 aliphatic carbocycles. The van der Waals surface area contributed by atoms with Crippen LogP contribution in [0.2, 0.25) is 15.1 Å². The first-order valence-electron chi connectivity index (χ1n) is 3.46. The van der Waals surface area contributed by atoms with Gasteiger partial charge in [0.15, 0.2) is 0 Å². The van der Waals surface area contributed by atoms with Gasteiger partial charge in [-0.05, 0) is 6.07 Å². The Labute approximate surface area is 93.5 Å². The number of halogens is 3. The number of cyclic esters (lactones) is 2. The highest BCUT2D eigenvalue weighted by atomic mass is 35.5. The van der Waals surface area contributed by atoms with Crippen LogP contribution in [0.25, 0.3) is 0 Å². The number of rotatable bonds is 0. The SMILES string of the molecule is O=C1OC(=O)c2c(Cl)c(Cl)cc1c2Cl. The average molecular weight is 251 g/mol. The maximum atomic E-state index is 11.2. The molecule has 0 atom stereocenters. The van der Waals surface area contributed by atoms with Gasteiger partial charge in [-0.2, -0.15) is 0 Å². The summed E-state index contributed by atoms with van der Waals surface area (Å²) in [5, 5.41) is 0.0876. The summed E-state index contributed by atoms with van der Waals surface area (Å²) >= 11 is 17.1. The lowest BCUT2D eigenvalue weighted by molar-refractivity contribution is 0.0385. The number of benzene rings is 1. The van der Waals surface area contributed by atoms with Gasteiger partial charge in [0.05, 0.1) is 26.2 Å². The maximum absolute atomic E-state index is 11.2. The highest BCUT2D eigenvalue weighted by Crippen LogP contribution is 2.37. The van der Waals surface area contributed by atoms with Crippen LogP contribution in [0.5, 0.6) is 0 Å². The van der Waals surface area contributed by atoms with Gasteiger partial charge in [0.2, 0.25) is 0 Å². The molecule has 1 aromatic carbocycles. The lowest BCUT2D eigenvalue weighted by Crippen LogP contribution is -2.20. The Morgan fingerprint density at radius 1 is 1.00 bits per heavy atom. The van der Waals surface area contributed by atoms with Crippen molar-refractivity contribution in [1.29, 1.82) is 0 Å². The minimum absolute atomic E-state index is 0.00193. The van der Waals surface area contributed by atoms with Crippen molar-refractivity contribution >= 4 is 46.7 Å². The van der Waals surface area contributed by atoms with Crippen molar-refractivity contribution in [2.24, 2.45) is 0 Å². The molecule has 1 heterocycles. The van der Waals surface area contributed by atoms with Gasteiger partial charge in [-0.1, -0.05) is 34.8 Å².